The molecule has 0 aliphatic carbocycles. The second-order valence-electron chi connectivity index (χ2n) is 6.29. The van der Waals surface area contributed by atoms with Gasteiger partial charge in [-0.05, 0) is 42.7 Å². The van der Waals surface area contributed by atoms with Crippen LogP contribution in [0.4, 0.5) is 5.69 Å². The molecule has 0 bridgehead atoms. The Hall–Kier alpha value is -2.82. The van der Waals surface area contributed by atoms with E-state index < -0.39 is 0 Å². The van der Waals surface area contributed by atoms with Crippen LogP contribution in [0.3, 0.4) is 0 Å². The van der Waals surface area contributed by atoms with Crippen molar-refractivity contribution < 1.29 is 14.3 Å². The summed E-state index contributed by atoms with van der Waals surface area (Å²) in [7, 11) is 3.37. The molecule has 130 valence electrons. The lowest BCUT2D eigenvalue weighted by Gasteiger charge is -2.19. The van der Waals surface area contributed by atoms with Gasteiger partial charge in [0.2, 0.25) is 0 Å². The number of methoxy groups -OCH3 is 1. The maximum Gasteiger partial charge on any atom is 0.337 e. The van der Waals surface area contributed by atoms with E-state index in [9.17, 15) is 9.59 Å². The number of para-hydroxylation sites is 1. The van der Waals surface area contributed by atoms with E-state index in [0.29, 0.717) is 11.1 Å². The highest BCUT2D eigenvalue weighted by Gasteiger charge is 2.23. The first-order chi connectivity index (χ1) is 12.0. The third kappa shape index (κ3) is 3.36. The Bertz CT molecular complexity index is 799. The predicted molar refractivity (Wildman–Crippen MR) is 97.1 cm³/mol. The van der Waals surface area contributed by atoms with E-state index in [2.05, 4.69) is 16.3 Å². The molecule has 5 heteroatoms. The first-order valence-electron chi connectivity index (χ1n) is 8.33. The van der Waals surface area contributed by atoms with Crippen LogP contribution >= 0.6 is 0 Å². The van der Waals surface area contributed by atoms with E-state index in [1.54, 1.807) is 12.1 Å². The fourth-order valence-electron chi connectivity index (χ4n) is 3.21. The number of benzene rings is 2. The third-order valence-corrected chi connectivity index (χ3v) is 4.64. The number of nitrogens with zero attached hydrogens (tertiary/aromatic N) is 1. The van der Waals surface area contributed by atoms with Crippen LogP contribution < -0.4 is 10.2 Å². The summed E-state index contributed by atoms with van der Waals surface area (Å²) in [5, 5.41) is 3.04. The highest BCUT2D eigenvalue weighted by Crippen LogP contribution is 2.31. The van der Waals surface area contributed by atoms with Crippen molar-refractivity contribution in [3.05, 3.63) is 64.7 Å². The lowest BCUT2D eigenvalue weighted by molar-refractivity contribution is 0.0600. The molecule has 25 heavy (non-hydrogen) atoms. The van der Waals surface area contributed by atoms with Gasteiger partial charge in [0.15, 0.2) is 0 Å². The molecular formula is C20H22N2O3. The zero-order valence-electron chi connectivity index (χ0n) is 14.7. The van der Waals surface area contributed by atoms with Crippen molar-refractivity contribution >= 4 is 17.6 Å². The zero-order valence-corrected chi connectivity index (χ0v) is 14.7. The van der Waals surface area contributed by atoms with Crippen LogP contribution in [0, 0.1) is 0 Å². The molecule has 3 rings (SSSR count). The van der Waals surface area contributed by atoms with E-state index in [-0.39, 0.29) is 17.9 Å². The lowest BCUT2D eigenvalue weighted by Crippen LogP contribution is -2.28. The minimum Gasteiger partial charge on any atom is -0.465 e. The third-order valence-electron chi connectivity index (χ3n) is 4.64. The van der Waals surface area contributed by atoms with Crippen molar-refractivity contribution in [3.63, 3.8) is 0 Å². The highest BCUT2D eigenvalue weighted by molar-refractivity contribution is 6.01. The quantitative estimate of drug-likeness (QED) is 0.871. The molecule has 0 radical (unpaired) electrons. The van der Waals surface area contributed by atoms with Crippen molar-refractivity contribution in [3.8, 4) is 0 Å². The van der Waals surface area contributed by atoms with E-state index in [4.69, 9.17) is 4.74 Å². The van der Waals surface area contributed by atoms with Gasteiger partial charge < -0.3 is 15.0 Å². The summed E-state index contributed by atoms with van der Waals surface area (Å²) in [6, 6.07) is 12.8. The molecule has 1 amide bonds. The number of anilines is 1. The van der Waals surface area contributed by atoms with Crippen LogP contribution in [0.15, 0.2) is 42.5 Å². The number of likely N-dealkylation sites (N-methyl/N-ethyl adjacent to an activating group) is 1. The van der Waals surface area contributed by atoms with Gasteiger partial charge in [0.25, 0.3) is 5.91 Å². The van der Waals surface area contributed by atoms with Crippen LogP contribution in [0.25, 0.3) is 0 Å². The second kappa shape index (κ2) is 6.97. The molecule has 0 spiro atoms. The summed E-state index contributed by atoms with van der Waals surface area (Å²) in [6.07, 6.45) is 0.970. The SMILES string of the molecule is COC(=O)c1ccc([C@H](C)NC(=O)c2cccc3c2N(C)CC3)cc1. The lowest BCUT2D eigenvalue weighted by atomic mass is 10.0. The molecule has 0 aromatic heterocycles. The number of nitrogens with one attached hydrogen (secondary N) is 1. The number of carbonyl (C=O) groups excluding carboxylic acids is 2. The average molecular weight is 338 g/mol. The standard InChI is InChI=1S/C20H22N2O3/c1-13(14-7-9-16(10-8-14)20(24)25-3)21-19(23)17-6-4-5-15-11-12-22(2)18(15)17/h4-10,13H,11-12H2,1-3H3,(H,21,23)/t13-/m0/s1. The molecule has 5 nitrogen and oxygen atoms in total. The number of fused-ring (bicyclic) bond motifs is 1. The Kier molecular flexibility index (Phi) is 4.74. The number of ether oxygens (including phenoxy) is 1. The van der Waals surface area contributed by atoms with Crippen LogP contribution in [0.1, 0.15) is 44.8 Å². The van der Waals surface area contributed by atoms with E-state index >= 15 is 0 Å². The summed E-state index contributed by atoms with van der Waals surface area (Å²) in [5.41, 5.74) is 4.36. The summed E-state index contributed by atoms with van der Waals surface area (Å²) in [4.78, 5) is 26.4. The van der Waals surface area contributed by atoms with Crippen molar-refractivity contribution in [1.82, 2.24) is 5.32 Å². The molecule has 0 saturated heterocycles. The first-order valence-corrected chi connectivity index (χ1v) is 8.33. The van der Waals surface area contributed by atoms with Crippen molar-refractivity contribution in [2.75, 3.05) is 25.6 Å². The van der Waals surface area contributed by atoms with Gasteiger partial charge in [0.05, 0.1) is 30.0 Å². The number of esters is 1. The Morgan fingerprint density at radius 3 is 2.56 bits per heavy atom. The van der Waals surface area contributed by atoms with Gasteiger partial charge in [0, 0.05) is 13.6 Å². The molecule has 1 aliphatic rings. The smallest absolute Gasteiger partial charge is 0.337 e. The van der Waals surface area contributed by atoms with Crippen LogP contribution in [-0.4, -0.2) is 32.6 Å². The molecule has 0 fully saturated rings. The average Bonchev–Trinajstić information content (AvgIpc) is 3.02. The van der Waals surface area contributed by atoms with Gasteiger partial charge in [-0.3, -0.25) is 4.79 Å². The summed E-state index contributed by atoms with van der Waals surface area (Å²) >= 11 is 0. The largest absolute Gasteiger partial charge is 0.465 e. The Balaban J connectivity index is 1.75. The zero-order chi connectivity index (χ0) is 18.0. The first kappa shape index (κ1) is 17.0. The van der Waals surface area contributed by atoms with Gasteiger partial charge >= 0.3 is 5.97 Å². The fourth-order valence-corrected chi connectivity index (χ4v) is 3.21. The van der Waals surface area contributed by atoms with E-state index in [1.807, 2.05) is 38.2 Å². The summed E-state index contributed by atoms with van der Waals surface area (Å²) in [5.74, 6) is -0.457. The van der Waals surface area contributed by atoms with Gasteiger partial charge in [0.1, 0.15) is 0 Å². The van der Waals surface area contributed by atoms with Gasteiger partial charge in [-0.2, -0.15) is 0 Å². The molecule has 2 aromatic rings. The number of carbonyl (C=O) groups is 2. The molecular weight excluding hydrogens is 316 g/mol. The number of hydrogen-bond acceptors (Lipinski definition) is 4. The van der Waals surface area contributed by atoms with E-state index in [0.717, 1.165) is 24.2 Å². The van der Waals surface area contributed by atoms with Crippen molar-refractivity contribution in [2.24, 2.45) is 0 Å². The van der Waals surface area contributed by atoms with Gasteiger partial charge in [-0.15, -0.1) is 0 Å². The van der Waals surface area contributed by atoms with Gasteiger partial charge in [-0.1, -0.05) is 24.3 Å². The topological polar surface area (TPSA) is 58.6 Å². The molecule has 1 heterocycles. The predicted octanol–water partition coefficient (Wildman–Crippen LogP) is 2.96. The Morgan fingerprint density at radius 2 is 1.88 bits per heavy atom. The number of amides is 1. The summed E-state index contributed by atoms with van der Waals surface area (Å²) < 4.78 is 4.70. The molecule has 1 N–H and O–H groups in total. The molecule has 1 atom stereocenters. The van der Waals surface area contributed by atoms with Crippen LogP contribution in [-0.2, 0) is 11.2 Å². The maximum absolute atomic E-state index is 12.7. The van der Waals surface area contributed by atoms with Crippen LogP contribution in [0.5, 0.6) is 0 Å². The highest BCUT2D eigenvalue weighted by atomic mass is 16.5. The van der Waals surface area contributed by atoms with Crippen LogP contribution in [0.2, 0.25) is 0 Å². The Labute approximate surface area is 147 Å². The monoisotopic (exact) mass is 338 g/mol. The fraction of sp³-hybridized carbons (Fsp3) is 0.300. The molecule has 0 saturated carbocycles. The minimum absolute atomic E-state index is 0.0878. The Morgan fingerprint density at radius 1 is 1.16 bits per heavy atom. The second-order valence-corrected chi connectivity index (χ2v) is 6.29. The van der Waals surface area contributed by atoms with Gasteiger partial charge in [-0.25, -0.2) is 4.79 Å². The van der Waals surface area contributed by atoms with E-state index in [1.165, 1.54) is 12.7 Å². The maximum atomic E-state index is 12.7. The van der Waals surface area contributed by atoms with Crippen molar-refractivity contribution in [1.29, 1.82) is 0 Å². The molecule has 0 unspecified atom stereocenters. The van der Waals surface area contributed by atoms with Crippen molar-refractivity contribution in [2.45, 2.75) is 19.4 Å². The minimum atomic E-state index is -0.369. The molecule has 1 aliphatic heterocycles. The number of rotatable bonds is 4. The normalized spacial score (nSPS) is 14.0. The number of hydrogen-bond donors (Lipinski definition) is 1. The summed E-state index contributed by atoms with van der Waals surface area (Å²) in [6.45, 7) is 2.86. The molecule has 2 aromatic carbocycles.